The SMILES string of the molecule is CCCC(C)(C#N)NC(=O)NC(C=O)C(C)(C)CC.CCCNC(=O)C(NC(=O)CNC(=O)C(=O)C(CC1CC1)NC(=O)C1CCCN1C)c1ccccc1. The van der Waals surface area contributed by atoms with E-state index in [4.69, 9.17) is 5.26 Å². The Morgan fingerprint density at radius 3 is 2.15 bits per heavy atom. The van der Waals surface area contributed by atoms with E-state index in [1.54, 1.807) is 37.3 Å². The molecule has 0 spiro atoms. The average Bonchev–Trinajstić information content (AvgIpc) is 3.89. The third kappa shape index (κ3) is 15.4. The molecule has 2 aliphatic rings. The second-order valence-corrected chi connectivity index (χ2v) is 15.4. The molecule has 15 heteroatoms. The van der Waals surface area contributed by atoms with E-state index in [0.29, 0.717) is 37.3 Å². The van der Waals surface area contributed by atoms with Gasteiger partial charge in [-0.2, -0.15) is 5.26 Å². The minimum Gasteiger partial charge on any atom is -0.354 e. The number of aldehydes is 1. The molecule has 6 amide bonds. The molecular formula is C40H62N8O7. The van der Waals surface area contributed by atoms with Crippen LogP contribution in [0.25, 0.3) is 0 Å². The number of nitriles is 1. The van der Waals surface area contributed by atoms with Crippen molar-refractivity contribution in [1.29, 1.82) is 5.26 Å². The molecule has 5 unspecified atom stereocenters. The number of benzene rings is 1. The number of Topliss-reactive ketones (excluding diaryl/α,β-unsaturated/α-hetero) is 1. The quantitative estimate of drug-likeness (QED) is 0.0848. The van der Waals surface area contributed by atoms with Crippen LogP contribution in [0.1, 0.15) is 111 Å². The number of hydrogen-bond donors (Lipinski definition) is 6. The summed E-state index contributed by atoms with van der Waals surface area (Å²) in [6, 6.07) is 7.69. The predicted octanol–water partition coefficient (Wildman–Crippen LogP) is 2.81. The van der Waals surface area contributed by atoms with Gasteiger partial charge in [0.05, 0.1) is 30.7 Å². The lowest BCUT2D eigenvalue weighted by atomic mass is 9.82. The molecule has 0 radical (unpaired) electrons. The van der Waals surface area contributed by atoms with E-state index >= 15 is 0 Å². The van der Waals surface area contributed by atoms with Crippen molar-refractivity contribution < 1.29 is 33.6 Å². The highest BCUT2D eigenvalue weighted by molar-refractivity contribution is 6.38. The highest BCUT2D eigenvalue weighted by Gasteiger charge is 2.37. The fraction of sp³-hybridized carbons (Fsp3) is 0.650. The summed E-state index contributed by atoms with van der Waals surface area (Å²) in [6.07, 6.45) is 7.58. The van der Waals surface area contributed by atoms with Crippen molar-refractivity contribution in [2.75, 3.05) is 26.7 Å². The van der Waals surface area contributed by atoms with Crippen molar-refractivity contribution in [3.8, 4) is 6.07 Å². The predicted molar refractivity (Wildman–Crippen MR) is 208 cm³/mol. The highest BCUT2D eigenvalue weighted by Crippen LogP contribution is 2.34. The van der Waals surface area contributed by atoms with Crippen LogP contribution in [0.5, 0.6) is 0 Å². The van der Waals surface area contributed by atoms with E-state index in [1.165, 1.54) is 0 Å². The van der Waals surface area contributed by atoms with Gasteiger partial charge in [-0.3, -0.25) is 28.9 Å². The highest BCUT2D eigenvalue weighted by atomic mass is 16.2. The Balaban J connectivity index is 0.000000467. The first-order chi connectivity index (χ1) is 26.0. The number of ketones is 1. The van der Waals surface area contributed by atoms with Crippen LogP contribution >= 0.6 is 0 Å². The molecule has 1 heterocycles. The molecule has 1 saturated heterocycles. The number of likely N-dealkylation sites (tertiary alicyclic amines) is 1. The number of nitrogens with one attached hydrogen (secondary N) is 6. The van der Waals surface area contributed by atoms with Crippen molar-refractivity contribution in [3.63, 3.8) is 0 Å². The summed E-state index contributed by atoms with van der Waals surface area (Å²) >= 11 is 0. The fourth-order valence-electron chi connectivity index (χ4n) is 6.05. The molecule has 55 heavy (non-hydrogen) atoms. The van der Waals surface area contributed by atoms with Crippen LogP contribution < -0.4 is 31.9 Å². The molecule has 1 aliphatic carbocycles. The monoisotopic (exact) mass is 766 g/mol. The molecule has 1 aromatic rings. The van der Waals surface area contributed by atoms with Gasteiger partial charge in [0.2, 0.25) is 23.5 Å². The summed E-state index contributed by atoms with van der Waals surface area (Å²) in [6.45, 7) is 12.2. The van der Waals surface area contributed by atoms with Crippen molar-refractivity contribution in [2.45, 2.75) is 129 Å². The summed E-state index contributed by atoms with van der Waals surface area (Å²) in [5.41, 5.74) is -0.610. The molecule has 304 valence electrons. The standard InChI is InChI=1S/C26H37N5O5.C14H25N3O2/c1-3-13-27-25(35)22(18-8-5-4-6-9-18)30-21(32)16-28-26(36)23(33)19(15-17-11-12-17)29-24(34)20-10-7-14-31(20)2;1-6-8-14(5,10-15)17-12(19)16-11(9-18)13(3,4)7-2/h4-6,8-9,17,19-20,22H,3,7,10-16H2,1-2H3,(H,27,35)(H,28,36)(H,29,34)(H,30,32);9,11H,6-8H2,1-5H3,(H2,16,17,19). The van der Waals surface area contributed by atoms with Crippen LogP contribution in [0, 0.1) is 22.7 Å². The number of hydrogen-bond acceptors (Lipinski definition) is 9. The van der Waals surface area contributed by atoms with Crippen LogP contribution in [0.2, 0.25) is 0 Å². The topological polar surface area (TPSA) is 219 Å². The number of rotatable bonds is 20. The molecule has 2 fully saturated rings. The molecule has 5 atom stereocenters. The smallest absolute Gasteiger partial charge is 0.316 e. The summed E-state index contributed by atoms with van der Waals surface area (Å²) < 4.78 is 0. The van der Waals surface area contributed by atoms with Crippen LogP contribution in [-0.2, 0) is 28.8 Å². The van der Waals surface area contributed by atoms with Gasteiger partial charge in [0, 0.05) is 6.54 Å². The minimum absolute atomic E-state index is 0.247. The Morgan fingerprint density at radius 2 is 1.62 bits per heavy atom. The van der Waals surface area contributed by atoms with E-state index in [0.717, 1.165) is 51.4 Å². The Hall–Kier alpha value is -4.84. The Bertz CT molecular complexity index is 1510. The van der Waals surface area contributed by atoms with Gasteiger partial charge in [0.25, 0.3) is 5.91 Å². The van der Waals surface area contributed by atoms with E-state index in [2.05, 4.69) is 38.0 Å². The van der Waals surface area contributed by atoms with Crippen molar-refractivity contribution in [1.82, 2.24) is 36.8 Å². The number of amides is 6. The van der Waals surface area contributed by atoms with Gasteiger partial charge in [-0.25, -0.2) is 4.79 Å². The number of carbonyl (C=O) groups excluding carboxylic acids is 7. The van der Waals surface area contributed by atoms with Crippen LogP contribution in [-0.4, -0.2) is 97.0 Å². The number of urea groups is 1. The lowest BCUT2D eigenvalue weighted by molar-refractivity contribution is -0.141. The van der Waals surface area contributed by atoms with Gasteiger partial charge >= 0.3 is 6.03 Å². The van der Waals surface area contributed by atoms with Crippen LogP contribution in [0.4, 0.5) is 4.79 Å². The number of nitrogens with zero attached hydrogens (tertiary/aromatic N) is 2. The zero-order chi connectivity index (χ0) is 41.2. The van der Waals surface area contributed by atoms with E-state index in [-0.39, 0.29) is 23.3 Å². The van der Waals surface area contributed by atoms with Crippen LogP contribution in [0.15, 0.2) is 30.3 Å². The summed E-state index contributed by atoms with van der Waals surface area (Å²) in [5.74, 6) is -2.59. The van der Waals surface area contributed by atoms with Gasteiger partial charge in [0.1, 0.15) is 17.9 Å². The Morgan fingerprint density at radius 1 is 0.945 bits per heavy atom. The van der Waals surface area contributed by atoms with Crippen molar-refractivity contribution in [3.05, 3.63) is 35.9 Å². The molecule has 6 N–H and O–H groups in total. The molecule has 0 aromatic heterocycles. The van der Waals surface area contributed by atoms with Crippen molar-refractivity contribution >= 4 is 41.7 Å². The summed E-state index contributed by atoms with van der Waals surface area (Å²) in [7, 11) is 1.87. The normalized spacial score (nSPS) is 18.0. The third-order valence-electron chi connectivity index (χ3n) is 10.2. The molecule has 1 aromatic carbocycles. The van der Waals surface area contributed by atoms with E-state index < -0.39 is 53.8 Å². The average molecular weight is 767 g/mol. The molecule has 3 rings (SSSR count). The lowest BCUT2D eigenvalue weighted by Crippen LogP contribution is -2.55. The second kappa shape index (κ2) is 22.5. The first kappa shape index (κ1) is 46.3. The van der Waals surface area contributed by atoms with E-state index in [1.807, 2.05) is 46.6 Å². The third-order valence-corrected chi connectivity index (χ3v) is 10.2. The van der Waals surface area contributed by atoms with Gasteiger partial charge in [0.15, 0.2) is 0 Å². The number of carbonyl (C=O) groups is 7. The van der Waals surface area contributed by atoms with Gasteiger partial charge < -0.3 is 36.7 Å². The van der Waals surface area contributed by atoms with E-state index in [9.17, 15) is 33.6 Å². The van der Waals surface area contributed by atoms with Gasteiger partial charge in [-0.05, 0) is 75.9 Å². The first-order valence-electron chi connectivity index (χ1n) is 19.4. The zero-order valence-electron chi connectivity index (χ0n) is 33.6. The minimum atomic E-state index is -0.928. The molecule has 1 saturated carbocycles. The maximum atomic E-state index is 12.9. The number of likely N-dealkylation sites (N-methyl/N-ethyl adjacent to an activating group) is 1. The summed E-state index contributed by atoms with van der Waals surface area (Å²) in [4.78, 5) is 88.3. The maximum Gasteiger partial charge on any atom is 0.316 e. The molecular weight excluding hydrogens is 704 g/mol. The van der Waals surface area contributed by atoms with Gasteiger partial charge in [-0.1, -0.05) is 84.2 Å². The Kier molecular flexibility index (Phi) is 19.0. The van der Waals surface area contributed by atoms with Crippen LogP contribution in [0.3, 0.4) is 0 Å². The van der Waals surface area contributed by atoms with Gasteiger partial charge in [-0.15, -0.1) is 0 Å². The molecule has 15 nitrogen and oxygen atoms in total. The molecule has 0 bridgehead atoms. The summed E-state index contributed by atoms with van der Waals surface area (Å²) in [5, 5.41) is 24.9. The fourth-order valence-corrected chi connectivity index (χ4v) is 6.05. The Labute approximate surface area is 325 Å². The largest absolute Gasteiger partial charge is 0.354 e. The molecule has 1 aliphatic heterocycles. The zero-order valence-corrected chi connectivity index (χ0v) is 33.6. The lowest BCUT2D eigenvalue weighted by Gasteiger charge is -2.31. The first-order valence-corrected chi connectivity index (χ1v) is 19.4. The second-order valence-electron chi connectivity index (χ2n) is 15.4. The maximum absolute atomic E-state index is 12.9. The van der Waals surface area contributed by atoms with Crippen molar-refractivity contribution in [2.24, 2.45) is 11.3 Å².